The van der Waals surface area contributed by atoms with Crippen molar-refractivity contribution in [1.29, 1.82) is 0 Å². The summed E-state index contributed by atoms with van der Waals surface area (Å²) in [7, 11) is 1.80. The topological polar surface area (TPSA) is 41.6 Å². The number of carbonyl (C=O) groups excluding carboxylic acids is 1. The van der Waals surface area contributed by atoms with Crippen LogP contribution in [0.4, 0.5) is 4.79 Å². The van der Waals surface area contributed by atoms with Crippen LogP contribution in [-0.4, -0.2) is 37.7 Å². The second-order valence-electron chi connectivity index (χ2n) is 6.39. The van der Waals surface area contributed by atoms with Gasteiger partial charge in [0, 0.05) is 19.0 Å². The van der Waals surface area contributed by atoms with Crippen molar-refractivity contribution in [3.63, 3.8) is 0 Å². The number of benzene rings is 2. The molecule has 1 fully saturated rings. The fourth-order valence-electron chi connectivity index (χ4n) is 2.81. The number of rotatable bonds is 7. The fourth-order valence-corrected chi connectivity index (χ4v) is 2.81. The summed E-state index contributed by atoms with van der Waals surface area (Å²) in [6.07, 6.45) is 2.27. The van der Waals surface area contributed by atoms with Gasteiger partial charge in [0.15, 0.2) is 0 Å². The average Bonchev–Trinajstić information content (AvgIpc) is 3.42. The molecule has 0 bridgehead atoms. The van der Waals surface area contributed by atoms with Crippen LogP contribution < -0.4 is 10.1 Å². The summed E-state index contributed by atoms with van der Waals surface area (Å²) >= 11 is 0. The maximum atomic E-state index is 12.3. The molecule has 0 atom stereocenters. The lowest BCUT2D eigenvalue weighted by Crippen LogP contribution is -2.42. The third-order valence-corrected chi connectivity index (χ3v) is 4.60. The first kappa shape index (κ1) is 16.4. The van der Waals surface area contributed by atoms with E-state index in [2.05, 4.69) is 29.6 Å². The Balaban J connectivity index is 1.42. The van der Waals surface area contributed by atoms with E-state index in [1.54, 1.807) is 11.9 Å². The van der Waals surface area contributed by atoms with Crippen molar-refractivity contribution in [3.05, 3.63) is 66.2 Å². The lowest BCUT2D eigenvalue weighted by Gasteiger charge is -2.21. The lowest BCUT2D eigenvalue weighted by molar-refractivity contribution is 0.194. The number of hydrogen-bond donors (Lipinski definition) is 1. The van der Waals surface area contributed by atoms with E-state index in [1.165, 1.54) is 5.56 Å². The molecule has 1 saturated carbocycles. The summed E-state index contributed by atoms with van der Waals surface area (Å²) in [5.41, 5.74) is 1.46. The van der Waals surface area contributed by atoms with Gasteiger partial charge in [-0.05, 0) is 30.5 Å². The molecule has 0 spiro atoms. The molecule has 4 heteroatoms. The Morgan fingerprint density at radius 1 is 1.08 bits per heavy atom. The van der Waals surface area contributed by atoms with E-state index in [0.717, 1.165) is 18.6 Å². The molecule has 0 radical (unpaired) electrons. The van der Waals surface area contributed by atoms with E-state index in [9.17, 15) is 4.79 Å². The summed E-state index contributed by atoms with van der Waals surface area (Å²) in [5.74, 6) is 0.826. The van der Waals surface area contributed by atoms with E-state index >= 15 is 0 Å². The molecule has 126 valence electrons. The molecule has 2 aromatic rings. The monoisotopic (exact) mass is 324 g/mol. The zero-order valence-corrected chi connectivity index (χ0v) is 14.1. The molecule has 0 aliphatic heterocycles. The second-order valence-corrected chi connectivity index (χ2v) is 6.39. The number of likely N-dealkylation sites (N-methyl/N-ethyl adjacent to an activating group) is 1. The van der Waals surface area contributed by atoms with Crippen LogP contribution in [0.1, 0.15) is 18.4 Å². The SMILES string of the molecule is CN(CCOc1ccccc1)C(=O)NCC1(c2ccccc2)CC1. The van der Waals surface area contributed by atoms with Gasteiger partial charge >= 0.3 is 6.03 Å². The molecule has 1 N–H and O–H groups in total. The number of urea groups is 1. The number of carbonyl (C=O) groups is 1. The molecular weight excluding hydrogens is 300 g/mol. The first-order chi connectivity index (χ1) is 11.7. The highest BCUT2D eigenvalue weighted by Gasteiger charge is 2.44. The average molecular weight is 324 g/mol. The van der Waals surface area contributed by atoms with Crippen molar-refractivity contribution in [2.24, 2.45) is 0 Å². The predicted molar refractivity (Wildman–Crippen MR) is 95.3 cm³/mol. The van der Waals surface area contributed by atoms with Crippen LogP contribution in [0.25, 0.3) is 0 Å². The number of para-hydroxylation sites is 1. The van der Waals surface area contributed by atoms with Gasteiger partial charge in [0.25, 0.3) is 0 Å². The molecule has 2 amide bonds. The maximum absolute atomic E-state index is 12.3. The van der Waals surface area contributed by atoms with Crippen LogP contribution >= 0.6 is 0 Å². The Morgan fingerprint density at radius 3 is 2.33 bits per heavy atom. The van der Waals surface area contributed by atoms with E-state index in [0.29, 0.717) is 19.7 Å². The number of ether oxygens (including phenoxy) is 1. The highest BCUT2D eigenvalue weighted by molar-refractivity contribution is 5.74. The highest BCUT2D eigenvalue weighted by Crippen LogP contribution is 2.47. The van der Waals surface area contributed by atoms with Gasteiger partial charge in [-0.25, -0.2) is 4.79 Å². The van der Waals surface area contributed by atoms with Gasteiger partial charge in [0.05, 0.1) is 6.54 Å². The summed E-state index contributed by atoms with van der Waals surface area (Å²) < 4.78 is 5.63. The minimum Gasteiger partial charge on any atom is -0.492 e. The van der Waals surface area contributed by atoms with E-state index in [4.69, 9.17) is 4.74 Å². The standard InChI is InChI=1S/C20H24N2O2/c1-22(14-15-24-18-10-6-3-7-11-18)19(23)21-16-20(12-13-20)17-8-4-2-5-9-17/h2-11H,12-16H2,1H3,(H,21,23). The zero-order valence-electron chi connectivity index (χ0n) is 14.1. The quantitative estimate of drug-likeness (QED) is 0.848. The zero-order chi connectivity index (χ0) is 16.8. The summed E-state index contributed by atoms with van der Waals surface area (Å²) in [5, 5.41) is 3.06. The third kappa shape index (κ3) is 4.07. The van der Waals surface area contributed by atoms with Gasteiger partial charge in [-0.2, -0.15) is 0 Å². The molecule has 1 aliphatic rings. The molecule has 4 nitrogen and oxygen atoms in total. The Bertz CT molecular complexity index is 654. The van der Waals surface area contributed by atoms with Gasteiger partial charge in [-0.1, -0.05) is 48.5 Å². The fraction of sp³-hybridized carbons (Fsp3) is 0.350. The normalized spacial score (nSPS) is 14.7. The van der Waals surface area contributed by atoms with Gasteiger partial charge in [-0.15, -0.1) is 0 Å². The van der Waals surface area contributed by atoms with E-state index < -0.39 is 0 Å². The van der Waals surface area contributed by atoms with Gasteiger partial charge in [0.1, 0.15) is 12.4 Å². The van der Waals surface area contributed by atoms with Crippen LogP contribution in [0.5, 0.6) is 5.75 Å². The van der Waals surface area contributed by atoms with Crippen LogP contribution in [0.15, 0.2) is 60.7 Å². The van der Waals surface area contributed by atoms with Crippen molar-refractivity contribution >= 4 is 6.03 Å². The van der Waals surface area contributed by atoms with Crippen molar-refractivity contribution in [2.75, 3.05) is 26.7 Å². The predicted octanol–water partition coefficient (Wildman–Crippen LogP) is 3.44. The third-order valence-electron chi connectivity index (χ3n) is 4.60. The maximum Gasteiger partial charge on any atom is 0.317 e. The number of nitrogens with zero attached hydrogens (tertiary/aromatic N) is 1. The molecular formula is C20H24N2O2. The van der Waals surface area contributed by atoms with Crippen LogP contribution in [0.2, 0.25) is 0 Å². The number of nitrogens with one attached hydrogen (secondary N) is 1. The van der Waals surface area contributed by atoms with Gasteiger partial charge in [0.2, 0.25) is 0 Å². The van der Waals surface area contributed by atoms with Crippen molar-refractivity contribution in [2.45, 2.75) is 18.3 Å². The van der Waals surface area contributed by atoms with Crippen molar-refractivity contribution in [3.8, 4) is 5.75 Å². The minimum atomic E-state index is -0.0473. The van der Waals surface area contributed by atoms with Crippen LogP contribution in [0, 0.1) is 0 Å². The largest absolute Gasteiger partial charge is 0.492 e. The number of hydrogen-bond acceptors (Lipinski definition) is 2. The molecule has 0 aromatic heterocycles. The Labute approximate surface area is 143 Å². The Morgan fingerprint density at radius 2 is 1.71 bits per heavy atom. The lowest BCUT2D eigenvalue weighted by atomic mass is 9.96. The molecule has 0 heterocycles. The number of amides is 2. The first-order valence-electron chi connectivity index (χ1n) is 8.42. The minimum absolute atomic E-state index is 0.0473. The van der Waals surface area contributed by atoms with Crippen molar-refractivity contribution < 1.29 is 9.53 Å². The molecule has 2 aromatic carbocycles. The van der Waals surface area contributed by atoms with E-state index in [-0.39, 0.29) is 11.4 Å². The molecule has 1 aliphatic carbocycles. The Hall–Kier alpha value is -2.49. The molecule has 3 rings (SSSR count). The molecule has 0 unspecified atom stereocenters. The Kier molecular flexibility index (Phi) is 5.04. The smallest absolute Gasteiger partial charge is 0.317 e. The van der Waals surface area contributed by atoms with Crippen LogP contribution in [-0.2, 0) is 5.41 Å². The van der Waals surface area contributed by atoms with Gasteiger partial charge < -0.3 is 15.0 Å². The molecule has 24 heavy (non-hydrogen) atoms. The highest BCUT2D eigenvalue weighted by atomic mass is 16.5. The summed E-state index contributed by atoms with van der Waals surface area (Å²) in [6, 6.07) is 20.0. The molecule has 0 saturated heterocycles. The van der Waals surface area contributed by atoms with Crippen molar-refractivity contribution in [1.82, 2.24) is 10.2 Å². The summed E-state index contributed by atoms with van der Waals surface area (Å²) in [6.45, 7) is 1.73. The first-order valence-corrected chi connectivity index (χ1v) is 8.42. The van der Waals surface area contributed by atoms with Crippen LogP contribution in [0.3, 0.4) is 0 Å². The van der Waals surface area contributed by atoms with Gasteiger partial charge in [-0.3, -0.25) is 0 Å². The second kappa shape index (κ2) is 7.39. The van der Waals surface area contributed by atoms with E-state index in [1.807, 2.05) is 36.4 Å². The summed E-state index contributed by atoms with van der Waals surface area (Å²) in [4.78, 5) is 13.9.